The minimum Gasteiger partial charge on any atom is -0.467 e. The molecular formula is C8H14N2O3. The van der Waals surface area contributed by atoms with Gasteiger partial charge in [0, 0.05) is 6.42 Å². The van der Waals surface area contributed by atoms with Gasteiger partial charge in [0.15, 0.2) is 0 Å². The van der Waals surface area contributed by atoms with Crippen LogP contribution in [0.1, 0.15) is 12.8 Å². The maximum absolute atomic E-state index is 11.1. The van der Waals surface area contributed by atoms with Crippen LogP contribution in [0.4, 0.5) is 0 Å². The topological polar surface area (TPSA) is 81.4 Å². The van der Waals surface area contributed by atoms with Crippen molar-refractivity contribution in [2.45, 2.75) is 18.9 Å². The molecule has 0 spiro atoms. The van der Waals surface area contributed by atoms with E-state index in [1.807, 2.05) is 0 Å². The molecule has 0 unspecified atom stereocenters. The first-order valence-corrected chi connectivity index (χ1v) is 4.24. The molecule has 13 heavy (non-hydrogen) atoms. The molecule has 0 aromatic carbocycles. The summed E-state index contributed by atoms with van der Waals surface area (Å²) in [6.07, 6.45) is 0.985. The van der Waals surface area contributed by atoms with E-state index in [1.54, 1.807) is 0 Å². The fraction of sp³-hybridized carbons (Fsp3) is 0.750. The Kier molecular flexibility index (Phi) is 3.25. The molecule has 0 aliphatic carbocycles. The van der Waals surface area contributed by atoms with Crippen LogP contribution in [0.5, 0.6) is 0 Å². The lowest BCUT2D eigenvalue weighted by molar-refractivity contribution is -0.147. The monoisotopic (exact) mass is 186 g/mol. The first-order chi connectivity index (χ1) is 6.17. The average molecular weight is 186 g/mol. The van der Waals surface area contributed by atoms with Gasteiger partial charge in [-0.05, 0) is 18.9 Å². The third-order valence-corrected chi connectivity index (χ3v) is 2.20. The number of nitrogens with two attached hydrogens (primary N) is 1. The number of carbonyl (C=O) groups is 2. The van der Waals surface area contributed by atoms with Crippen molar-refractivity contribution >= 4 is 11.9 Å². The van der Waals surface area contributed by atoms with Crippen LogP contribution in [0, 0.1) is 5.92 Å². The van der Waals surface area contributed by atoms with Gasteiger partial charge in [0.25, 0.3) is 0 Å². The lowest BCUT2D eigenvalue weighted by Crippen LogP contribution is -2.48. The van der Waals surface area contributed by atoms with E-state index >= 15 is 0 Å². The quantitative estimate of drug-likeness (QED) is 0.543. The van der Waals surface area contributed by atoms with E-state index < -0.39 is 12.0 Å². The molecule has 1 saturated heterocycles. The minimum atomic E-state index is -0.514. The summed E-state index contributed by atoms with van der Waals surface area (Å²) in [5.41, 5.74) is 5.44. The van der Waals surface area contributed by atoms with Crippen LogP contribution >= 0.6 is 0 Å². The molecule has 1 aliphatic heterocycles. The highest BCUT2D eigenvalue weighted by Crippen LogP contribution is 2.16. The first kappa shape index (κ1) is 9.98. The second-order valence-corrected chi connectivity index (χ2v) is 3.18. The number of amides is 1. The summed E-state index contributed by atoms with van der Waals surface area (Å²) in [6, 6.07) is -0.514. The smallest absolute Gasteiger partial charge is 0.328 e. The minimum absolute atomic E-state index is 0.0952. The Labute approximate surface area is 76.6 Å². The summed E-state index contributed by atoms with van der Waals surface area (Å²) >= 11 is 0. The van der Waals surface area contributed by atoms with Crippen LogP contribution in [-0.2, 0) is 14.3 Å². The molecule has 1 rings (SSSR count). The van der Waals surface area contributed by atoms with Crippen LogP contribution in [0.25, 0.3) is 0 Å². The lowest BCUT2D eigenvalue weighted by Gasteiger charge is -2.26. The molecule has 1 heterocycles. The largest absolute Gasteiger partial charge is 0.467 e. The van der Waals surface area contributed by atoms with E-state index in [4.69, 9.17) is 5.73 Å². The number of rotatable bonds is 2. The Hall–Kier alpha value is -1.10. The Morgan fingerprint density at radius 2 is 2.46 bits per heavy atom. The summed E-state index contributed by atoms with van der Waals surface area (Å²) in [6.45, 7) is 0.431. The molecule has 0 radical (unpaired) electrons. The Balaban J connectivity index is 2.56. The number of methoxy groups -OCH3 is 1. The van der Waals surface area contributed by atoms with Crippen molar-refractivity contribution in [2.75, 3.05) is 13.7 Å². The Morgan fingerprint density at radius 1 is 1.77 bits per heavy atom. The maximum atomic E-state index is 11.1. The van der Waals surface area contributed by atoms with Gasteiger partial charge in [0.2, 0.25) is 5.91 Å². The molecule has 1 aliphatic rings. The highest BCUT2D eigenvalue weighted by Gasteiger charge is 2.30. The summed E-state index contributed by atoms with van der Waals surface area (Å²) < 4.78 is 4.54. The predicted octanol–water partition coefficient (Wildman–Crippen LogP) is -0.987. The Morgan fingerprint density at radius 3 is 3.00 bits per heavy atom. The van der Waals surface area contributed by atoms with E-state index in [-0.39, 0.29) is 11.8 Å². The molecule has 1 fully saturated rings. The summed E-state index contributed by atoms with van der Waals surface area (Å²) in [5, 5.41) is 2.56. The van der Waals surface area contributed by atoms with Crippen molar-refractivity contribution < 1.29 is 14.3 Å². The summed E-state index contributed by atoms with van der Waals surface area (Å²) in [7, 11) is 1.31. The molecule has 0 aromatic heterocycles. The van der Waals surface area contributed by atoms with Gasteiger partial charge in [-0.15, -0.1) is 0 Å². The molecule has 5 nitrogen and oxygen atoms in total. The number of hydrogen-bond donors (Lipinski definition) is 2. The molecule has 74 valence electrons. The van der Waals surface area contributed by atoms with Crippen molar-refractivity contribution in [1.29, 1.82) is 0 Å². The summed E-state index contributed by atoms with van der Waals surface area (Å²) in [4.78, 5) is 22.2. The second-order valence-electron chi connectivity index (χ2n) is 3.18. The van der Waals surface area contributed by atoms with Gasteiger partial charge in [0.1, 0.15) is 6.04 Å². The molecule has 2 atom stereocenters. The fourth-order valence-electron chi connectivity index (χ4n) is 1.47. The average Bonchev–Trinajstić information content (AvgIpc) is 2.15. The van der Waals surface area contributed by atoms with E-state index in [9.17, 15) is 9.59 Å². The van der Waals surface area contributed by atoms with Gasteiger partial charge in [-0.2, -0.15) is 0 Å². The van der Waals surface area contributed by atoms with Gasteiger partial charge in [-0.3, -0.25) is 4.79 Å². The highest BCUT2D eigenvalue weighted by molar-refractivity contribution is 5.85. The summed E-state index contributed by atoms with van der Waals surface area (Å²) in [5.74, 6) is -0.429. The third kappa shape index (κ3) is 2.42. The highest BCUT2D eigenvalue weighted by atomic mass is 16.5. The van der Waals surface area contributed by atoms with Crippen LogP contribution in [0.3, 0.4) is 0 Å². The Bertz CT molecular complexity index is 217. The third-order valence-electron chi connectivity index (χ3n) is 2.20. The lowest BCUT2D eigenvalue weighted by atomic mass is 9.92. The maximum Gasteiger partial charge on any atom is 0.328 e. The molecule has 5 heteroatoms. The van der Waals surface area contributed by atoms with Crippen molar-refractivity contribution in [3.8, 4) is 0 Å². The number of hydrogen-bond acceptors (Lipinski definition) is 4. The molecule has 1 amide bonds. The number of ether oxygens (including phenoxy) is 1. The molecule has 3 N–H and O–H groups in total. The zero-order chi connectivity index (χ0) is 9.84. The first-order valence-electron chi connectivity index (χ1n) is 4.24. The van der Waals surface area contributed by atoms with Crippen molar-refractivity contribution in [2.24, 2.45) is 11.7 Å². The zero-order valence-electron chi connectivity index (χ0n) is 7.58. The van der Waals surface area contributed by atoms with E-state index in [0.29, 0.717) is 19.4 Å². The number of carbonyl (C=O) groups excluding carboxylic acids is 2. The second kappa shape index (κ2) is 4.23. The molecular weight excluding hydrogens is 172 g/mol. The number of nitrogens with one attached hydrogen (secondary N) is 1. The molecule has 0 saturated carbocycles. The van der Waals surface area contributed by atoms with Crippen LogP contribution < -0.4 is 11.1 Å². The predicted molar refractivity (Wildman–Crippen MR) is 45.7 cm³/mol. The van der Waals surface area contributed by atoms with Crippen molar-refractivity contribution in [1.82, 2.24) is 5.32 Å². The van der Waals surface area contributed by atoms with Crippen molar-refractivity contribution in [3.63, 3.8) is 0 Å². The van der Waals surface area contributed by atoms with Crippen LogP contribution in [-0.4, -0.2) is 31.6 Å². The standard InChI is InChI=1S/C8H14N2O3/c1-13-8(12)6-2-5(4-9)3-7(11)10-6/h5-6H,2-4,9H2,1H3,(H,10,11)/t5-,6+/m1/s1. The zero-order valence-corrected chi connectivity index (χ0v) is 7.58. The van der Waals surface area contributed by atoms with Gasteiger partial charge >= 0.3 is 5.97 Å². The van der Waals surface area contributed by atoms with E-state index in [0.717, 1.165) is 0 Å². The van der Waals surface area contributed by atoms with E-state index in [1.165, 1.54) is 7.11 Å². The normalized spacial score (nSPS) is 28.0. The van der Waals surface area contributed by atoms with Gasteiger partial charge in [0.05, 0.1) is 7.11 Å². The van der Waals surface area contributed by atoms with Gasteiger partial charge < -0.3 is 15.8 Å². The van der Waals surface area contributed by atoms with Gasteiger partial charge in [-0.25, -0.2) is 4.79 Å². The molecule has 0 bridgehead atoms. The SMILES string of the molecule is COC(=O)[C@@H]1C[C@@H](CN)CC(=O)N1. The van der Waals surface area contributed by atoms with E-state index in [2.05, 4.69) is 10.1 Å². The van der Waals surface area contributed by atoms with Crippen LogP contribution in [0.2, 0.25) is 0 Å². The number of esters is 1. The van der Waals surface area contributed by atoms with Crippen molar-refractivity contribution in [3.05, 3.63) is 0 Å². The van der Waals surface area contributed by atoms with Gasteiger partial charge in [-0.1, -0.05) is 0 Å². The molecule has 0 aromatic rings. The fourth-order valence-corrected chi connectivity index (χ4v) is 1.47. The number of piperidine rings is 1. The van der Waals surface area contributed by atoms with Crippen LogP contribution in [0.15, 0.2) is 0 Å².